The number of rotatable bonds is 3. The third kappa shape index (κ3) is 3.58. The molecule has 1 aromatic heterocycles. The predicted octanol–water partition coefficient (Wildman–Crippen LogP) is 3.75. The lowest BCUT2D eigenvalue weighted by Crippen LogP contribution is -2.45. The van der Waals surface area contributed by atoms with Crippen LogP contribution in [0.2, 0.25) is 0 Å². The maximum atomic E-state index is 12.7. The summed E-state index contributed by atoms with van der Waals surface area (Å²) in [5.74, 6) is 0.0780. The molecule has 0 fully saturated rings. The average molecular weight is 384 g/mol. The summed E-state index contributed by atoms with van der Waals surface area (Å²) in [5, 5.41) is 5.04. The van der Waals surface area contributed by atoms with Crippen molar-refractivity contribution in [3.8, 4) is 0 Å². The molecule has 0 saturated heterocycles. The third-order valence-corrected chi connectivity index (χ3v) is 6.56. The van der Waals surface area contributed by atoms with Gasteiger partial charge in [0.25, 0.3) is 0 Å². The Morgan fingerprint density at radius 3 is 2.93 bits per heavy atom. The van der Waals surface area contributed by atoms with Crippen LogP contribution in [-0.2, 0) is 17.6 Å². The Morgan fingerprint density at radius 2 is 2.04 bits per heavy atom. The van der Waals surface area contributed by atoms with Crippen LogP contribution in [0.5, 0.6) is 0 Å². The molecular formula is C21H25N3O2S. The van der Waals surface area contributed by atoms with Crippen LogP contribution < -0.4 is 10.2 Å². The van der Waals surface area contributed by atoms with Crippen molar-refractivity contribution in [1.82, 2.24) is 10.2 Å². The number of amides is 3. The summed E-state index contributed by atoms with van der Waals surface area (Å²) in [6.07, 6.45) is 3.25. The zero-order valence-electron chi connectivity index (χ0n) is 15.6. The standard InChI is InChI=1S/C21H25N3O2S/c1-15-17-10-14-27-19(17)9-13-23(15)21(26)22-11-8-20(25)24-12-4-6-16-5-2-3-7-18(16)24/h2-3,5,7,10,14-15H,4,6,8-9,11-13H2,1H3,(H,22,26). The number of urea groups is 1. The van der Waals surface area contributed by atoms with E-state index >= 15 is 0 Å². The van der Waals surface area contributed by atoms with Gasteiger partial charge in [-0.2, -0.15) is 0 Å². The number of fused-ring (bicyclic) bond motifs is 2. The Bertz CT molecular complexity index is 847. The van der Waals surface area contributed by atoms with Gasteiger partial charge in [0.2, 0.25) is 5.91 Å². The van der Waals surface area contributed by atoms with Crippen molar-refractivity contribution in [2.75, 3.05) is 24.5 Å². The second kappa shape index (κ2) is 7.72. The molecule has 3 heterocycles. The molecule has 1 atom stereocenters. The van der Waals surface area contributed by atoms with Gasteiger partial charge in [-0.15, -0.1) is 11.3 Å². The minimum absolute atomic E-state index is 0.0776. The minimum atomic E-state index is -0.0776. The van der Waals surface area contributed by atoms with Crippen LogP contribution in [0, 0.1) is 0 Å². The number of carbonyl (C=O) groups excluding carboxylic acids is 2. The highest BCUT2D eigenvalue weighted by Gasteiger charge is 2.28. The molecule has 2 aliphatic rings. The molecule has 1 unspecified atom stereocenters. The van der Waals surface area contributed by atoms with Crippen LogP contribution in [0.1, 0.15) is 41.8 Å². The van der Waals surface area contributed by atoms with E-state index in [0.717, 1.165) is 38.0 Å². The molecule has 2 aliphatic heterocycles. The molecule has 0 spiro atoms. The molecule has 1 aromatic carbocycles. The van der Waals surface area contributed by atoms with E-state index in [1.807, 2.05) is 28.0 Å². The highest BCUT2D eigenvalue weighted by atomic mass is 32.1. The van der Waals surface area contributed by atoms with Crippen LogP contribution in [0.25, 0.3) is 0 Å². The van der Waals surface area contributed by atoms with Gasteiger partial charge in [0.1, 0.15) is 0 Å². The van der Waals surface area contributed by atoms with Crippen molar-refractivity contribution >= 4 is 29.0 Å². The van der Waals surface area contributed by atoms with Crippen LogP contribution >= 0.6 is 11.3 Å². The van der Waals surface area contributed by atoms with E-state index in [1.165, 1.54) is 16.0 Å². The topological polar surface area (TPSA) is 52.7 Å². The lowest BCUT2D eigenvalue weighted by Gasteiger charge is -2.33. The monoisotopic (exact) mass is 383 g/mol. The zero-order chi connectivity index (χ0) is 18.8. The van der Waals surface area contributed by atoms with E-state index in [1.54, 1.807) is 11.3 Å². The Kier molecular flexibility index (Phi) is 5.16. The van der Waals surface area contributed by atoms with Crippen molar-refractivity contribution < 1.29 is 9.59 Å². The number of anilines is 1. The van der Waals surface area contributed by atoms with Crippen LogP contribution in [0.3, 0.4) is 0 Å². The van der Waals surface area contributed by atoms with Crippen molar-refractivity contribution in [3.05, 3.63) is 51.7 Å². The van der Waals surface area contributed by atoms with Gasteiger partial charge in [-0.25, -0.2) is 4.79 Å². The number of hydrogen-bond acceptors (Lipinski definition) is 3. The molecule has 1 N–H and O–H groups in total. The van der Waals surface area contributed by atoms with Gasteiger partial charge in [0, 0.05) is 36.6 Å². The number of carbonyl (C=O) groups is 2. The molecule has 6 heteroatoms. The van der Waals surface area contributed by atoms with E-state index in [-0.39, 0.29) is 18.0 Å². The summed E-state index contributed by atoms with van der Waals surface area (Å²) in [6.45, 7) is 3.93. The van der Waals surface area contributed by atoms with Crippen LogP contribution in [0.4, 0.5) is 10.5 Å². The first-order valence-electron chi connectivity index (χ1n) is 9.64. The number of aryl methyl sites for hydroxylation is 1. The normalized spacial score (nSPS) is 18.6. The Labute approximate surface area is 164 Å². The lowest BCUT2D eigenvalue weighted by atomic mass is 10.0. The summed E-state index contributed by atoms with van der Waals surface area (Å²) in [6, 6.07) is 10.2. The number of para-hydroxylation sites is 1. The highest BCUT2D eigenvalue weighted by Crippen LogP contribution is 2.32. The number of nitrogens with zero attached hydrogens (tertiary/aromatic N) is 2. The second-order valence-corrected chi connectivity index (χ2v) is 8.18. The Hall–Kier alpha value is -2.34. The van der Waals surface area contributed by atoms with Crippen molar-refractivity contribution in [2.45, 2.75) is 38.6 Å². The maximum absolute atomic E-state index is 12.7. The molecule has 0 aliphatic carbocycles. The van der Waals surface area contributed by atoms with E-state index in [9.17, 15) is 9.59 Å². The number of thiophene rings is 1. The molecule has 3 amide bonds. The second-order valence-electron chi connectivity index (χ2n) is 7.18. The Morgan fingerprint density at radius 1 is 1.19 bits per heavy atom. The molecule has 0 radical (unpaired) electrons. The first-order valence-corrected chi connectivity index (χ1v) is 10.5. The number of hydrogen-bond donors (Lipinski definition) is 1. The summed E-state index contributed by atoms with van der Waals surface area (Å²) >= 11 is 1.77. The van der Waals surface area contributed by atoms with E-state index in [2.05, 4.69) is 29.8 Å². The molecule has 4 rings (SSSR count). The van der Waals surface area contributed by atoms with Crippen LogP contribution in [-0.4, -0.2) is 36.5 Å². The fraction of sp³-hybridized carbons (Fsp3) is 0.429. The van der Waals surface area contributed by atoms with Crippen molar-refractivity contribution in [3.63, 3.8) is 0 Å². The minimum Gasteiger partial charge on any atom is -0.337 e. The number of nitrogens with one attached hydrogen (secondary N) is 1. The van der Waals surface area contributed by atoms with Gasteiger partial charge in [-0.05, 0) is 54.8 Å². The molecule has 0 bridgehead atoms. The summed E-state index contributed by atoms with van der Waals surface area (Å²) < 4.78 is 0. The molecule has 2 aromatic rings. The molecule has 5 nitrogen and oxygen atoms in total. The van der Waals surface area contributed by atoms with E-state index < -0.39 is 0 Å². The largest absolute Gasteiger partial charge is 0.337 e. The van der Waals surface area contributed by atoms with Gasteiger partial charge >= 0.3 is 6.03 Å². The van der Waals surface area contributed by atoms with Gasteiger partial charge in [-0.1, -0.05) is 18.2 Å². The third-order valence-electron chi connectivity index (χ3n) is 5.56. The van der Waals surface area contributed by atoms with Gasteiger partial charge in [-0.3, -0.25) is 4.79 Å². The van der Waals surface area contributed by atoms with Crippen molar-refractivity contribution in [1.29, 1.82) is 0 Å². The lowest BCUT2D eigenvalue weighted by molar-refractivity contribution is -0.118. The fourth-order valence-electron chi connectivity index (χ4n) is 4.09. The SMILES string of the molecule is CC1c2ccsc2CCN1C(=O)NCCC(=O)N1CCCc2ccccc21. The van der Waals surface area contributed by atoms with E-state index in [0.29, 0.717) is 13.0 Å². The molecule has 142 valence electrons. The average Bonchev–Trinajstić information content (AvgIpc) is 3.17. The zero-order valence-corrected chi connectivity index (χ0v) is 16.4. The van der Waals surface area contributed by atoms with E-state index in [4.69, 9.17) is 0 Å². The first kappa shape index (κ1) is 18.0. The Balaban J connectivity index is 1.31. The number of benzene rings is 1. The van der Waals surface area contributed by atoms with Crippen molar-refractivity contribution in [2.24, 2.45) is 0 Å². The first-order chi connectivity index (χ1) is 13.1. The fourth-order valence-corrected chi connectivity index (χ4v) is 5.06. The molecule has 0 saturated carbocycles. The van der Waals surface area contributed by atoms with Gasteiger partial charge < -0.3 is 15.1 Å². The molecular weight excluding hydrogens is 358 g/mol. The van der Waals surface area contributed by atoms with Gasteiger partial charge in [0.15, 0.2) is 0 Å². The van der Waals surface area contributed by atoms with Crippen LogP contribution in [0.15, 0.2) is 35.7 Å². The maximum Gasteiger partial charge on any atom is 0.317 e. The smallest absolute Gasteiger partial charge is 0.317 e. The highest BCUT2D eigenvalue weighted by molar-refractivity contribution is 7.10. The quantitative estimate of drug-likeness (QED) is 0.878. The predicted molar refractivity (Wildman–Crippen MR) is 108 cm³/mol. The summed E-state index contributed by atoms with van der Waals surface area (Å²) in [5.41, 5.74) is 3.51. The summed E-state index contributed by atoms with van der Waals surface area (Å²) in [4.78, 5) is 30.4. The van der Waals surface area contributed by atoms with Gasteiger partial charge in [0.05, 0.1) is 6.04 Å². The summed E-state index contributed by atoms with van der Waals surface area (Å²) in [7, 11) is 0. The molecule has 27 heavy (non-hydrogen) atoms.